The molecule has 1 atom stereocenters. The Labute approximate surface area is 159 Å². The molecule has 2 N–H and O–H groups in total. The van der Waals surface area contributed by atoms with Crippen molar-refractivity contribution < 1.29 is 18.7 Å². The Morgan fingerprint density at radius 1 is 1.07 bits per heavy atom. The minimum absolute atomic E-state index is 0.222. The topological polar surface area (TPSA) is 54.6 Å². The standard InChI is InChI=1S/C22H26FNO3/c1-15(2)24-13-19(25)14-26-20-10-6-17-11-21(27-22(17)12-20)9-5-16-3-7-18(23)8-4-16/h3-4,6-8,10-12,15,19,24-25H,5,9,13-14H2,1-2H3. The van der Waals surface area contributed by atoms with Crippen LogP contribution in [0.1, 0.15) is 25.2 Å². The van der Waals surface area contributed by atoms with Gasteiger partial charge in [-0.25, -0.2) is 4.39 Å². The number of fused-ring (bicyclic) bond motifs is 1. The van der Waals surface area contributed by atoms with Crippen molar-refractivity contribution in [3.63, 3.8) is 0 Å². The van der Waals surface area contributed by atoms with Gasteiger partial charge in [-0.1, -0.05) is 26.0 Å². The summed E-state index contributed by atoms with van der Waals surface area (Å²) in [6.45, 7) is 4.79. The summed E-state index contributed by atoms with van der Waals surface area (Å²) in [5.41, 5.74) is 1.83. The van der Waals surface area contributed by atoms with Crippen molar-refractivity contribution >= 4 is 11.0 Å². The molecular formula is C22H26FNO3. The second-order valence-electron chi connectivity index (χ2n) is 7.07. The molecule has 0 bridgehead atoms. The van der Waals surface area contributed by atoms with Gasteiger partial charge in [0.2, 0.25) is 0 Å². The average molecular weight is 371 g/mol. The van der Waals surface area contributed by atoms with E-state index >= 15 is 0 Å². The summed E-state index contributed by atoms with van der Waals surface area (Å²) in [5, 5.41) is 14.1. The molecule has 4 nitrogen and oxygen atoms in total. The summed E-state index contributed by atoms with van der Waals surface area (Å²) in [5.74, 6) is 1.33. The molecule has 0 amide bonds. The molecule has 1 unspecified atom stereocenters. The smallest absolute Gasteiger partial charge is 0.137 e. The second kappa shape index (κ2) is 9.02. The van der Waals surface area contributed by atoms with Gasteiger partial charge in [0.15, 0.2) is 0 Å². The van der Waals surface area contributed by atoms with Crippen LogP contribution >= 0.6 is 0 Å². The zero-order chi connectivity index (χ0) is 19.2. The Hall–Kier alpha value is -2.37. The lowest BCUT2D eigenvalue weighted by molar-refractivity contribution is 0.104. The van der Waals surface area contributed by atoms with Crippen LogP contribution in [0, 0.1) is 5.82 Å². The maximum absolute atomic E-state index is 13.0. The summed E-state index contributed by atoms with van der Waals surface area (Å²) in [6, 6.07) is 14.6. The number of furan rings is 1. The maximum atomic E-state index is 13.0. The highest BCUT2D eigenvalue weighted by Crippen LogP contribution is 2.25. The van der Waals surface area contributed by atoms with E-state index in [9.17, 15) is 9.50 Å². The van der Waals surface area contributed by atoms with Crippen molar-refractivity contribution in [3.8, 4) is 5.75 Å². The molecule has 3 aromatic rings. The van der Waals surface area contributed by atoms with Crippen molar-refractivity contribution in [1.29, 1.82) is 0 Å². The minimum Gasteiger partial charge on any atom is -0.491 e. The third-order valence-electron chi connectivity index (χ3n) is 4.32. The van der Waals surface area contributed by atoms with Gasteiger partial charge >= 0.3 is 0 Å². The number of rotatable bonds is 9. The number of nitrogens with one attached hydrogen (secondary N) is 1. The molecule has 2 aromatic carbocycles. The van der Waals surface area contributed by atoms with Crippen LogP contribution in [0.3, 0.4) is 0 Å². The molecule has 0 fully saturated rings. The molecule has 0 saturated carbocycles. The quantitative estimate of drug-likeness (QED) is 0.595. The third-order valence-corrected chi connectivity index (χ3v) is 4.32. The first-order chi connectivity index (χ1) is 13.0. The van der Waals surface area contributed by atoms with Crippen LogP contribution in [0.15, 0.2) is 52.9 Å². The maximum Gasteiger partial charge on any atom is 0.137 e. The van der Waals surface area contributed by atoms with Crippen LogP contribution < -0.4 is 10.1 Å². The van der Waals surface area contributed by atoms with Crippen molar-refractivity contribution in [2.75, 3.05) is 13.2 Å². The number of aliphatic hydroxyl groups excluding tert-OH is 1. The van der Waals surface area contributed by atoms with Gasteiger partial charge in [-0.05, 0) is 42.3 Å². The van der Waals surface area contributed by atoms with Gasteiger partial charge in [0.05, 0.1) is 0 Å². The molecule has 0 radical (unpaired) electrons. The van der Waals surface area contributed by atoms with Crippen molar-refractivity contribution in [1.82, 2.24) is 5.32 Å². The number of benzene rings is 2. The zero-order valence-electron chi connectivity index (χ0n) is 15.7. The summed E-state index contributed by atoms with van der Waals surface area (Å²) < 4.78 is 24.6. The highest BCUT2D eigenvalue weighted by Gasteiger charge is 2.09. The van der Waals surface area contributed by atoms with Gasteiger partial charge in [-0.3, -0.25) is 0 Å². The Kier molecular flexibility index (Phi) is 6.48. The Bertz CT molecular complexity index is 858. The molecule has 0 aliphatic rings. The first kappa shape index (κ1) is 19.4. The molecule has 3 rings (SSSR count). The third kappa shape index (κ3) is 5.81. The Morgan fingerprint density at radius 3 is 2.59 bits per heavy atom. The van der Waals surface area contributed by atoms with E-state index in [1.54, 1.807) is 12.1 Å². The van der Waals surface area contributed by atoms with E-state index in [0.717, 1.165) is 35.1 Å². The van der Waals surface area contributed by atoms with Crippen molar-refractivity contribution in [2.24, 2.45) is 0 Å². The Morgan fingerprint density at radius 2 is 1.85 bits per heavy atom. The van der Waals surface area contributed by atoms with Crippen LogP contribution in [0.25, 0.3) is 11.0 Å². The predicted molar refractivity (Wildman–Crippen MR) is 105 cm³/mol. The number of halogens is 1. The molecule has 27 heavy (non-hydrogen) atoms. The lowest BCUT2D eigenvalue weighted by atomic mass is 10.1. The van der Waals surface area contributed by atoms with Gasteiger partial charge in [-0.2, -0.15) is 0 Å². The number of aryl methyl sites for hydroxylation is 2. The van der Waals surface area contributed by atoms with E-state index in [1.807, 2.05) is 38.1 Å². The highest BCUT2D eigenvalue weighted by molar-refractivity contribution is 5.79. The monoisotopic (exact) mass is 371 g/mol. The molecular weight excluding hydrogens is 345 g/mol. The number of aliphatic hydroxyl groups is 1. The predicted octanol–water partition coefficient (Wildman–Crippen LogP) is 4.09. The molecule has 0 spiro atoms. The second-order valence-corrected chi connectivity index (χ2v) is 7.07. The lowest BCUT2D eigenvalue weighted by Crippen LogP contribution is -2.35. The zero-order valence-corrected chi connectivity index (χ0v) is 15.7. The molecule has 1 heterocycles. The van der Waals surface area contributed by atoms with Crippen LogP contribution in [0.2, 0.25) is 0 Å². The van der Waals surface area contributed by atoms with E-state index in [2.05, 4.69) is 5.32 Å². The van der Waals surface area contributed by atoms with Crippen LogP contribution in [0.4, 0.5) is 4.39 Å². The molecule has 1 aromatic heterocycles. The van der Waals surface area contributed by atoms with Crippen molar-refractivity contribution in [3.05, 3.63) is 65.7 Å². The number of hydrogen-bond acceptors (Lipinski definition) is 4. The molecule has 0 aliphatic heterocycles. The Balaban J connectivity index is 1.56. The summed E-state index contributed by atoms with van der Waals surface area (Å²) >= 11 is 0. The fourth-order valence-electron chi connectivity index (χ4n) is 2.82. The van der Waals surface area contributed by atoms with Crippen LogP contribution in [-0.2, 0) is 12.8 Å². The molecule has 0 aliphatic carbocycles. The molecule has 5 heteroatoms. The fourth-order valence-corrected chi connectivity index (χ4v) is 2.82. The van der Waals surface area contributed by atoms with Crippen LogP contribution in [0.5, 0.6) is 5.75 Å². The van der Waals surface area contributed by atoms with Crippen molar-refractivity contribution in [2.45, 2.75) is 38.8 Å². The van der Waals surface area contributed by atoms with Gasteiger partial charge in [0, 0.05) is 30.5 Å². The molecule has 0 saturated heterocycles. The normalized spacial score (nSPS) is 12.6. The first-order valence-corrected chi connectivity index (χ1v) is 9.31. The molecule has 144 valence electrons. The van der Waals surface area contributed by atoms with E-state index in [-0.39, 0.29) is 12.4 Å². The fraction of sp³-hybridized carbons (Fsp3) is 0.364. The minimum atomic E-state index is -0.564. The summed E-state index contributed by atoms with van der Waals surface area (Å²) in [6.07, 6.45) is 0.972. The van der Waals surface area contributed by atoms with Crippen LogP contribution in [-0.4, -0.2) is 30.4 Å². The highest BCUT2D eigenvalue weighted by atomic mass is 19.1. The number of hydrogen-bond donors (Lipinski definition) is 2. The van der Waals surface area contributed by atoms with E-state index in [1.165, 1.54) is 12.1 Å². The summed E-state index contributed by atoms with van der Waals surface area (Å²) in [7, 11) is 0. The summed E-state index contributed by atoms with van der Waals surface area (Å²) in [4.78, 5) is 0. The van der Waals surface area contributed by atoms with E-state index < -0.39 is 6.10 Å². The van der Waals surface area contributed by atoms with Gasteiger partial charge < -0.3 is 19.6 Å². The van der Waals surface area contributed by atoms with Gasteiger partial charge in [0.25, 0.3) is 0 Å². The van der Waals surface area contributed by atoms with E-state index in [0.29, 0.717) is 18.3 Å². The largest absolute Gasteiger partial charge is 0.491 e. The van der Waals surface area contributed by atoms with E-state index in [4.69, 9.17) is 9.15 Å². The first-order valence-electron chi connectivity index (χ1n) is 9.31. The average Bonchev–Trinajstić information content (AvgIpc) is 3.06. The lowest BCUT2D eigenvalue weighted by Gasteiger charge is -2.14. The van der Waals surface area contributed by atoms with Gasteiger partial charge in [-0.15, -0.1) is 0 Å². The van der Waals surface area contributed by atoms with Gasteiger partial charge in [0.1, 0.15) is 35.6 Å². The SMILES string of the molecule is CC(C)NCC(O)COc1ccc2cc(CCc3ccc(F)cc3)oc2c1. The number of ether oxygens (including phenoxy) is 1.